The van der Waals surface area contributed by atoms with Crippen LogP contribution < -0.4 is 5.32 Å². The molecule has 1 fully saturated rings. The first kappa shape index (κ1) is 9.60. The topological polar surface area (TPSA) is 34.1 Å². The van der Waals surface area contributed by atoms with Gasteiger partial charge < -0.3 is 10.1 Å². The summed E-state index contributed by atoms with van der Waals surface area (Å²) in [5, 5.41) is 4.67. The molecule has 3 nitrogen and oxygen atoms in total. The first-order valence-corrected chi connectivity index (χ1v) is 5.53. The van der Waals surface area contributed by atoms with Crippen molar-refractivity contribution in [1.29, 1.82) is 0 Å². The van der Waals surface area contributed by atoms with E-state index in [4.69, 9.17) is 4.74 Å². The third kappa shape index (κ3) is 1.53. The van der Waals surface area contributed by atoms with Crippen molar-refractivity contribution >= 4 is 16.6 Å². The van der Waals surface area contributed by atoms with Crippen LogP contribution in [0.5, 0.6) is 0 Å². The first-order valence-electron chi connectivity index (χ1n) is 5.53. The largest absolute Gasteiger partial charge is 0.377 e. The molecule has 3 heteroatoms. The molecule has 1 aliphatic rings. The number of ether oxygens (including phenoxy) is 1. The Balaban J connectivity index is 2.06. The van der Waals surface area contributed by atoms with Crippen LogP contribution in [0.15, 0.2) is 30.5 Å². The SMILES string of the molecule is Cc1ccc(NC2COC2)c2cccnc12. The highest BCUT2D eigenvalue weighted by atomic mass is 16.5. The van der Waals surface area contributed by atoms with Crippen molar-refractivity contribution in [3.63, 3.8) is 0 Å². The molecule has 1 saturated heterocycles. The molecule has 1 aliphatic heterocycles. The number of aryl methyl sites for hydroxylation is 1. The van der Waals surface area contributed by atoms with Gasteiger partial charge in [-0.2, -0.15) is 0 Å². The van der Waals surface area contributed by atoms with Gasteiger partial charge in [0.1, 0.15) is 0 Å². The number of hydrogen-bond donors (Lipinski definition) is 1. The van der Waals surface area contributed by atoms with Gasteiger partial charge in [-0.1, -0.05) is 6.07 Å². The molecular weight excluding hydrogens is 200 g/mol. The predicted octanol–water partition coefficient (Wildman–Crippen LogP) is 2.35. The minimum Gasteiger partial charge on any atom is -0.377 e. The molecule has 0 unspecified atom stereocenters. The summed E-state index contributed by atoms with van der Waals surface area (Å²) in [7, 11) is 0. The lowest BCUT2D eigenvalue weighted by Crippen LogP contribution is -2.40. The number of aromatic nitrogens is 1. The number of anilines is 1. The van der Waals surface area contributed by atoms with E-state index in [-0.39, 0.29) is 0 Å². The van der Waals surface area contributed by atoms with E-state index in [1.165, 1.54) is 10.9 Å². The maximum absolute atomic E-state index is 5.16. The van der Waals surface area contributed by atoms with Gasteiger partial charge in [0.15, 0.2) is 0 Å². The van der Waals surface area contributed by atoms with E-state index < -0.39 is 0 Å². The molecule has 2 aromatic rings. The molecule has 82 valence electrons. The van der Waals surface area contributed by atoms with Gasteiger partial charge in [-0.3, -0.25) is 4.98 Å². The van der Waals surface area contributed by atoms with Crippen LogP contribution in [0.25, 0.3) is 10.9 Å². The van der Waals surface area contributed by atoms with Crippen molar-refractivity contribution in [3.05, 3.63) is 36.0 Å². The molecule has 0 spiro atoms. The molecule has 1 aromatic heterocycles. The normalized spacial score (nSPS) is 16.1. The Morgan fingerprint density at radius 1 is 1.31 bits per heavy atom. The van der Waals surface area contributed by atoms with Gasteiger partial charge in [0.25, 0.3) is 0 Å². The number of nitrogens with one attached hydrogen (secondary N) is 1. The summed E-state index contributed by atoms with van der Waals surface area (Å²) in [6.07, 6.45) is 1.84. The van der Waals surface area contributed by atoms with Crippen molar-refractivity contribution in [2.75, 3.05) is 18.5 Å². The van der Waals surface area contributed by atoms with Crippen LogP contribution in [0.3, 0.4) is 0 Å². The minimum atomic E-state index is 0.450. The van der Waals surface area contributed by atoms with E-state index in [0.717, 1.165) is 24.4 Å². The van der Waals surface area contributed by atoms with Crippen molar-refractivity contribution in [2.24, 2.45) is 0 Å². The quantitative estimate of drug-likeness (QED) is 0.833. The summed E-state index contributed by atoms with van der Waals surface area (Å²) in [5.41, 5.74) is 3.45. The summed E-state index contributed by atoms with van der Waals surface area (Å²) in [4.78, 5) is 4.42. The van der Waals surface area contributed by atoms with Crippen molar-refractivity contribution in [1.82, 2.24) is 4.98 Å². The second-order valence-corrected chi connectivity index (χ2v) is 4.21. The standard InChI is InChI=1S/C13H14N2O/c1-9-4-5-12(15-10-7-16-8-10)11-3-2-6-14-13(9)11/h2-6,10,15H,7-8H2,1H3. The third-order valence-electron chi connectivity index (χ3n) is 2.97. The zero-order valence-corrected chi connectivity index (χ0v) is 9.23. The maximum Gasteiger partial charge on any atom is 0.0751 e. The van der Waals surface area contributed by atoms with Crippen LogP contribution in [0.2, 0.25) is 0 Å². The van der Waals surface area contributed by atoms with Crippen LogP contribution in [0.1, 0.15) is 5.56 Å². The first-order chi connectivity index (χ1) is 7.84. The number of pyridine rings is 1. The second-order valence-electron chi connectivity index (χ2n) is 4.21. The Hall–Kier alpha value is -1.61. The molecule has 0 saturated carbocycles. The average Bonchev–Trinajstić information content (AvgIpc) is 2.26. The summed E-state index contributed by atoms with van der Waals surface area (Å²) in [6, 6.07) is 8.77. The van der Waals surface area contributed by atoms with Crippen LogP contribution in [-0.2, 0) is 4.74 Å². The van der Waals surface area contributed by atoms with Crippen molar-refractivity contribution < 1.29 is 4.74 Å². The Morgan fingerprint density at radius 3 is 2.94 bits per heavy atom. The van der Waals surface area contributed by atoms with E-state index in [0.29, 0.717) is 6.04 Å². The van der Waals surface area contributed by atoms with Gasteiger partial charge in [0, 0.05) is 17.3 Å². The highest BCUT2D eigenvalue weighted by molar-refractivity contribution is 5.93. The smallest absolute Gasteiger partial charge is 0.0751 e. The van der Waals surface area contributed by atoms with Gasteiger partial charge in [-0.15, -0.1) is 0 Å². The van der Waals surface area contributed by atoms with E-state index >= 15 is 0 Å². The lowest BCUT2D eigenvalue weighted by molar-refractivity contribution is 0.0211. The number of nitrogens with zero attached hydrogens (tertiary/aromatic N) is 1. The molecule has 0 bridgehead atoms. The van der Waals surface area contributed by atoms with Gasteiger partial charge >= 0.3 is 0 Å². The molecule has 1 N–H and O–H groups in total. The van der Waals surface area contributed by atoms with Gasteiger partial charge in [0.05, 0.1) is 24.8 Å². The van der Waals surface area contributed by atoms with Gasteiger partial charge in [-0.05, 0) is 30.7 Å². The Kier molecular flexibility index (Phi) is 2.26. The van der Waals surface area contributed by atoms with Gasteiger partial charge in [0.2, 0.25) is 0 Å². The molecular formula is C13H14N2O. The highest BCUT2D eigenvalue weighted by Crippen LogP contribution is 2.25. The highest BCUT2D eigenvalue weighted by Gasteiger charge is 2.18. The fourth-order valence-electron chi connectivity index (χ4n) is 1.98. The number of hydrogen-bond acceptors (Lipinski definition) is 3. The zero-order chi connectivity index (χ0) is 11.0. The Labute approximate surface area is 94.5 Å². The van der Waals surface area contributed by atoms with Crippen LogP contribution >= 0.6 is 0 Å². The molecule has 3 rings (SSSR count). The molecule has 1 aromatic carbocycles. The fraction of sp³-hybridized carbons (Fsp3) is 0.308. The summed E-state index contributed by atoms with van der Waals surface area (Å²) < 4.78 is 5.16. The summed E-state index contributed by atoms with van der Waals surface area (Å²) >= 11 is 0. The van der Waals surface area contributed by atoms with Gasteiger partial charge in [-0.25, -0.2) is 0 Å². The van der Waals surface area contributed by atoms with Crippen molar-refractivity contribution in [2.45, 2.75) is 13.0 Å². The second kappa shape index (κ2) is 3.76. The van der Waals surface area contributed by atoms with Crippen molar-refractivity contribution in [3.8, 4) is 0 Å². The van der Waals surface area contributed by atoms with Crippen LogP contribution in [0, 0.1) is 6.92 Å². The number of fused-ring (bicyclic) bond motifs is 1. The minimum absolute atomic E-state index is 0.450. The molecule has 0 atom stereocenters. The average molecular weight is 214 g/mol. The predicted molar refractivity (Wildman–Crippen MR) is 64.7 cm³/mol. The number of benzene rings is 1. The van der Waals surface area contributed by atoms with E-state index in [2.05, 4.69) is 35.4 Å². The van der Waals surface area contributed by atoms with Crippen LogP contribution in [-0.4, -0.2) is 24.2 Å². The third-order valence-corrected chi connectivity index (χ3v) is 2.97. The summed E-state index contributed by atoms with van der Waals surface area (Å²) in [5.74, 6) is 0. The summed E-state index contributed by atoms with van der Waals surface area (Å²) in [6.45, 7) is 3.69. The zero-order valence-electron chi connectivity index (χ0n) is 9.23. The molecule has 0 radical (unpaired) electrons. The van der Waals surface area contributed by atoms with E-state index in [1.54, 1.807) is 0 Å². The molecule has 0 amide bonds. The Morgan fingerprint density at radius 2 is 2.19 bits per heavy atom. The maximum atomic E-state index is 5.16. The molecule has 2 heterocycles. The van der Waals surface area contributed by atoms with Crippen LogP contribution in [0.4, 0.5) is 5.69 Å². The van der Waals surface area contributed by atoms with E-state index in [1.807, 2.05) is 12.3 Å². The molecule has 0 aliphatic carbocycles. The Bertz CT molecular complexity index is 520. The number of rotatable bonds is 2. The lowest BCUT2D eigenvalue weighted by atomic mass is 10.1. The van der Waals surface area contributed by atoms with E-state index in [9.17, 15) is 0 Å². The fourth-order valence-corrected chi connectivity index (χ4v) is 1.98. The molecule has 16 heavy (non-hydrogen) atoms. The lowest BCUT2D eigenvalue weighted by Gasteiger charge is -2.28. The monoisotopic (exact) mass is 214 g/mol.